The second-order valence-electron chi connectivity index (χ2n) is 6.82. The zero-order chi connectivity index (χ0) is 20.6. The van der Waals surface area contributed by atoms with Gasteiger partial charge in [-0.15, -0.1) is 0 Å². The van der Waals surface area contributed by atoms with E-state index in [1.165, 1.54) is 0 Å². The lowest BCUT2D eigenvalue weighted by atomic mass is 9.96. The predicted octanol–water partition coefficient (Wildman–Crippen LogP) is 0.0153. The van der Waals surface area contributed by atoms with Gasteiger partial charge in [0.25, 0.3) is 5.79 Å². The Morgan fingerprint density at radius 1 is 0.885 bits per heavy atom. The molecule has 0 aromatic rings. The third kappa shape index (κ3) is 16.2. The van der Waals surface area contributed by atoms with Gasteiger partial charge in [-0.25, -0.2) is 4.79 Å². The number of unbranched alkanes of at least 4 members (excludes halogenated alkanes) is 3. The summed E-state index contributed by atoms with van der Waals surface area (Å²) in [4.78, 5) is 21.6. The Morgan fingerprint density at radius 2 is 1.38 bits per heavy atom. The Labute approximate surface area is 154 Å². The molecule has 0 aliphatic rings. The van der Waals surface area contributed by atoms with Crippen molar-refractivity contribution in [2.45, 2.75) is 64.6 Å². The molecule has 26 heavy (non-hydrogen) atoms. The van der Waals surface area contributed by atoms with Gasteiger partial charge in [0.2, 0.25) is 0 Å². The maximum absolute atomic E-state index is 11.4. The molecule has 0 amide bonds. The average Bonchev–Trinajstić information content (AvgIpc) is 2.56. The molecule has 9 nitrogen and oxygen atoms in total. The first-order valence-corrected chi connectivity index (χ1v) is 8.68. The SMILES string of the molecule is CC(C)(CO)COC(=O)C(O)(O)CCCC(=O)O.OCCCCCCO. The van der Waals surface area contributed by atoms with Gasteiger partial charge in [-0.1, -0.05) is 26.7 Å². The molecule has 6 N–H and O–H groups in total. The first kappa shape index (κ1) is 27.0. The zero-order valence-electron chi connectivity index (χ0n) is 15.7. The van der Waals surface area contributed by atoms with Crippen LogP contribution in [0.2, 0.25) is 0 Å². The van der Waals surface area contributed by atoms with E-state index in [9.17, 15) is 19.8 Å². The topological polar surface area (TPSA) is 165 Å². The Morgan fingerprint density at radius 3 is 1.77 bits per heavy atom. The number of hydrogen-bond acceptors (Lipinski definition) is 8. The van der Waals surface area contributed by atoms with E-state index < -0.39 is 29.6 Å². The van der Waals surface area contributed by atoms with Gasteiger partial charge in [0.05, 0.1) is 13.2 Å². The Bertz CT molecular complexity index is 374. The Kier molecular flexibility index (Phi) is 15.4. The maximum atomic E-state index is 11.4. The van der Waals surface area contributed by atoms with Crippen molar-refractivity contribution < 1.29 is 45.0 Å². The second-order valence-corrected chi connectivity index (χ2v) is 6.82. The number of esters is 1. The molecular formula is C17H34O9. The van der Waals surface area contributed by atoms with Crippen LogP contribution in [0.5, 0.6) is 0 Å². The van der Waals surface area contributed by atoms with Gasteiger partial charge in [0.1, 0.15) is 0 Å². The molecule has 0 heterocycles. The zero-order valence-corrected chi connectivity index (χ0v) is 15.7. The van der Waals surface area contributed by atoms with Gasteiger partial charge in [0.15, 0.2) is 0 Å². The summed E-state index contributed by atoms with van der Waals surface area (Å²) in [5.41, 5.74) is -0.674. The summed E-state index contributed by atoms with van der Waals surface area (Å²) in [6.45, 7) is 3.46. The van der Waals surface area contributed by atoms with Crippen LogP contribution < -0.4 is 0 Å². The van der Waals surface area contributed by atoms with Crippen molar-refractivity contribution >= 4 is 11.9 Å². The number of carboxylic acid groups (broad SMARTS) is 1. The standard InChI is InChI=1S/C11H20O7.C6H14O2/c1-10(2,6-12)7-18-9(15)11(16,17)5-3-4-8(13)14;7-5-3-1-2-4-6-8/h12,16-17H,3-7H2,1-2H3,(H,13,14);7-8H,1-6H2. The van der Waals surface area contributed by atoms with Gasteiger partial charge in [-0.2, -0.15) is 0 Å². The second kappa shape index (κ2) is 14.9. The summed E-state index contributed by atoms with van der Waals surface area (Å²) < 4.78 is 4.67. The van der Waals surface area contributed by atoms with Crippen molar-refractivity contribution in [3.05, 3.63) is 0 Å². The highest BCUT2D eigenvalue weighted by molar-refractivity contribution is 5.77. The van der Waals surface area contributed by atoms with Crippen LogP contribution in [0, 0.1) is 5.41 Å². The molecule has 0 rings (SSSR count). The number of ether oxygens (including phenoxy) is 1. The molecule has 0 radical (unpaired) electrons. The number of carbonyl (C=O) groups is 2. The van der Waals surface area contributed by atoms with E-state index in [1.807, 2.05) is 0 Å². The summed E-state index contributed by atoms with van der Waals surface area (Å²) in [6, 6.07) is 0. The van der Waals surface area contributed by atoms with E-state index >= 15 is 0 Å². The number of carbonyl (C=O) groups excluding carboxylic acids is 1. The average molecular weight is 382 g/mol. The van der Waals surface area contributed by atoms with Crippen LogP contribution >= 0.6 is 0 Å². The minimum absolute atomic E-state index is 0.0547. The minimum atomic E-state index is -2.69. The van der Waals surface area contributed by atoms with Crippen molar-refractivity contribution in [2.75, 3.05) is 26.4 Å². The van der Waals surface area contributed by atoms with E-state index in [1.54, 1.807) is 13.8 Å². The van der Waals surface area contributed by atoms with Crippen molar-refractivity contribution in [1.82, 2.24) is 0 Å². The fraction of sp³-hybridized carbons (Fsp3) is 0.882. The maximum Gasteiger partial charge on any atom is 0.366 e. The summed E-state index contributed by atoms with van der Waals surface area (Å²) in [7, 11) is 0. The quantitative estimate of drug-likeness (QED) is 0.146. The molecule has 0 spiro atoms. The molecule has 0 bridgehead atoms. The van der Waals surface area contributed by atoms with Crippen LogP contribution in [0.15, 0.2) is 0 Å². The third-order valence-corrected chi connectivity index (χ3v) is 3.33. The summed E-state index contributed by atoms with van der Waals surface area (Å²) >= 11 is 0. The fourth-order valence-corrected chi connectivity index (χ4v) is 1.59. The van der Waals surface area contributed by atoms with Gasteiger partial charge >= 0.3 is 11.9 Å². The van der Waals surface area contributed by atoms with E-state index in [0.717, 1.165) is 25.7 Å². The van der Waals surface area contributed by atoms with E-state index in [-0.39, 0.29) is 39.3 Å². The molecule has 0 saturated heterocycles. The molecule has 9 heteroatoms. The van der Waals surface area contributed by atoms with Crippen molar-refractivity contribution in [2.24, 2.45) is 5.41 Å². The normalized spacial score (nSPS) is 11.5. The van der Waals surface area contributed by atoms with Crippen LogP contribution in [-0.2, 0) is 14.3 Å². The van der Waals surface area contributed by atoms with Crippen LogP contribution in [0.3, 0.4) is 0 Å². The highest BCUT2D eigenvalue weighted by Gasteiger charge is 2.35. The largest absolute Gasteiger partial charge is 0.481 e. The molecule has 0 aliphatic carbocycles. The van der Waals surface area contributed by atoms with Crippen molar-refractivity contribution in [3.8, 4) is 0 Å². The highest BCUT2D eigenvalue weighted by atomic mass is 16.6. The number of aliphatic hydroxyl groups is 5. The molecule has 0 aromatic heterocycles. The lowest BCUT2D eigenvalue weighted by Gasteiger charge is -2.24. The lowest BCUT2D eigenvalue weighted by molar-refractivity contribution is -0.214. The van der Waals surface area contributed by atoms with Crippen LogP contribution in [0.1, 0.15) is 58.8 Å². The molecule has 0 aliphatic heterocycles. The lowest BCUT2D eigenvalue weighted by Crippen LogP contribution is -2.41. The fourth-order valence-electron chi connectivity index (χ4n) is 1.59. The molecule has 156 valence electrons. The summed E-state index contributed by atoms with van der Waals surface area (Å²) in [5.74, 6) is -5.02. The van der Waals surface area contributed by atoms with Crippen LogP contribution in [-0.4, -0.2) is 74.8 Å². The molecule has 0 unspecified atom stereocenters. The van der Waals surface area contributed by atoms with Crippen molar-refractivity contribution in [1.29, 1.82) is 0 Å². The van der Waals surface area contributed by atoms with Gasteiger partial charge in [0, 0.05) is 31.5 Å². The number of aliphatic carboxylic acids is 1. The van der Waals surface area contributed by atoms with Gasteiger partial charge in [-0.3, -0.25) is 4.79 Å². The van der Waals surface area contributed by atoms with E-state index in [4.69, 9.17) is 20.4 Å². The Hall–Kier alpha value is -1.26. The van der Waals surface area contributed by atoms with E-state index in [2.05, 4.69) is 4.74 Å². The molecule has 0 saturated carbocycles. The molecular weight excluding hydrogens is 348 g/mol. The first-order chi connectivity index (χ1) is 12.0. The molecule has 0 aromatic carbocycles. The van der Waals surface area contributed by atoms with E-state index in [0.29, 0.717) is 0 Å². The third-order valence-electron chi connectivity index (χ3n) is 3.33. The monoisotopic (exact) mass is 382 g/mol. The number of carboxylic acids is 1. The Balaban J connectivity index is 0. The number of rotatable bonds is 13. The first-order valence-electron chi connectivity index (χ1n) is 8.68. The minimum Gasteiger partial charge on any atom is -0.481 e. The van der Waals surface area contributed by atoms with Crippen molar-refractivity contribution in [3.63, 3.8) is 0 Å². The summed E-state index contributed by atoms with van der Waals surface area (Å²) in [6.07, 6.45) is 3.09. The molecule has 0 fully saturated rings. The number of hydrogen-bond donors (Lipinski definition) is 6. The highest BCUT2D eigenvalue weighted by Crippen LogP contribution is 2.18. The smallest absolute Gasteiger partial charge is 0.366 e. The summed E-state index contributed by atoms with van der Waals surface area (Å²) in [5, 5.41) is 52.7. The van der Waals surface area contributed by atoms with Crippen LogP contribution in [0.4, 0.5) is 0 Å². The van der Waals surface area contributed by atoms with Gasteiger partial charge in [-0.05, 0) is 19.3 Å². The molecule has 0 atom stereocenters. The van der Waals surface area contributed by atoms with Crippen LogP contribution in [0.25, 0.3) is 0 Å². The number of aliphatic hydroxyl groups excluding tert-OH is 3. The van der Waals surface area contributed by atoms with Gasteiger partial charge < -0.3 is 35.4 Å². The predicted molar refractivity (Wildman–Crippen MR) is 93.1 cm³/mol.